The van der Waals surface area contributed by atoms with E-state index in [0.717, 1.165) is 30.8 Å². The summed E-state index contributed by atoms with van der Waals surface area (Å²) in [4.78, 5) is 11.6. The molecule has 0 saturated heterocycles. The molecule has 94 valence electrons. The molecule has 1 aliphatic heterocycles. The zero-order valence-electron chi connectivity index (χ0n) is 9.04. The van der Waals surface area contributed by atoms with Gasteiger partial charge in [-0.05, 0) is 31.9 Å². The van der Waals surface area contributed by atoms with Gasteiger partial charge in [0, 0.05) is 16.9 Å². The number of thioether (sulfide) groups is 1. The standard InChI is InChI=1S/C10H6Br2N2O2S2/c1-16-9(15)7-3-2-17-10-4(6(3)13-14-7)5(11)8(12)18-10/h2H2,1H3,(H,13,14). The largest absolute Gasteiger partial charge is 0.464 e. The normalized spacial score (nSPS) is 13.1. The highest BCUT2D eigenvalue weighted by atomic mass is 79.9. The van der Waals surface area contributed by atoms with Crippen LogP contribution >= 0.6 is 55.0 Å². The van der Waals surface area contributed by atoms with Gasteiger partial charge < -0.3 is 4.74 Å². The fourth-order valence-electron chi connectivity index (χ4n) is 1.79. The zero-order valence-corrected chi connectivity index (χ0v) is 13.8. The number of H-pyrrole nitrogens is 1. The third-order valence-corrected chi connectivity index (χ3v) is 7.36. The second-order valence-corrected chi connectivity index (χ2v) is 7.93. The van der Waals surface area contributed by atoms with Gasteiger partial charge in [-0.25, -0.2) is 4.79 Å². The molecule has 8 heteroatoms. The maximum atomic E-state index is 11.6. The highest BCUT2D eigenvalue weighted by Crippen LogP contribution is 2.52. The van der Waals surface area contributed by atoms with E-state index in [-0.39, 0.29) is 5.97 Å². The van der Waals surface area contributed by atoms with E-state index >= 15 is 0 Å². The van der Waals surface area contributed by atoms with Crippen LogP contribution in [0.3, 0.4) is 0 Å². The Morgan fingerprint density at radius 1 is 1.50 bits per heavy atom. The number of fused-ring (bicyclic) bond motifs is 3. The number of aromatic amines is 1. The first-order valence-electron chi connectivity index (χ1n) is 4.90. The molecule has 0 bridgehead atoms. The minimum absolute atomic E-state index is 0.377. The number of esters is 1. The molecule has 0 fully saturated rings. The van der Waals surface area contributed by atoms with E-state index in [1.165, 1.54) is 11.3 Å². The summed E-state index contributed by atoms with van der Waals surface area (Å²) in [7, 11) is 1.37. The van der Waals surface area contributed by atoms with Crippen LogP contribution in [-0.4, -0.2) is 23.3 Å². The summed E-state index contributed by atoms with van der Waals surface area (Å²) in [5, 5.41) is 7.03. The third-order valence-electron chi connectivity index (χ3n) is 2.62. The first-order chi connectivity index (χ1) is 8.63. The number of halogens is 2. The van der Waals surface area contributed by atoms with Gasteiger partial charge in [-0.1, -0.05) is 0 Å². The number of thiophene rings is 1. The summed E-state index contributed by atoms with van der Waals surface area (Å²) in [6.07, 6.45) is 0. The molecule has 1 N–H and O–H groups in total. The van der Waals surface area contributed by atoms with Gasteiger partial charge >= 0.3 is 5.97 Å². The Bertz CT molecular complexity index is 651. The third kappa shape index (κ3) is 1.77. The maximum absolute atomic E-state index is 11.6. The topological polar surface area (TPSA) is 55.0 Å². The fraction of sp³-hybridized carbons (Fsp3) is 0.200. The van der Waals surface area contributed by atoms with Crippen LogP contribution in [0.2, 0.25) is 0 Å². The lowest BCUT2D eigenvalue weighted by Crippen LogP contribution is -2.05. The van der Waals surface area contributed by atoms with Gasteiger partial charge in [0.05, 0.1) is 19.6 Å². The van der Waals surface area contributed by atoms with Gasteiger partial charge in [0.1, 0.15) is 11.4 Å². The number of carbonyl (C=O) groups is 1. The van der Waals surface area contributed by atoms with Gasteiger partial charge in [-0.2, -0.15) is 5.10 Å². The number of nitrogens with one attached hydrogen (secondary N) is 1. The Morgan fingerprint density at radius 3 is 3.00 bits per heavy atom. The quantitative estimate of drug-likeness (QED) is 0.721. The molecule has 4 nitrogen and oxygen atoms in total. The molecule has 2 aromatic rings. The number of methoxy groups -OCH3 is 1. The molecular formula is C10H6Br2N2O2S2. The summed E-state index contributed by atoms with van der Waals surface area (Å²) in [5.74, 6) is 0.348. The van der Waals surface area contributed by atoms with Crippen molar-refractivity contribution in [3.8, 4) is 11.3 Å². The van der Waals surface area contributed by atoms with Crippen LogP contribution in [0.25, 0.3) is 11.3 Å². The summed E-state index contributed by atoms with van der Waals surface area (Å²) in [5.41, 5.74) is 3.23. The number of ether oxygens (including phenoxy) is 1. The van der Waals surface area contributed by atoms with Crippen molar-refractivity contribution >= 4 is 60.9 Å². The van der Waals surface area contributed by atoms with Gasteiger partial charge in [0.25, 0.3) is 0 Å². The molecule has 3 rings (SSSR count). The first kappa shape index (κ1) is 12.7. The SMILES string of the molecule is COC(=O)c1[nH]nc2c1CSc1sc(Br)c(Br)c1-2. The molecule has 0 saturated carbocycles. The van der Waals surface area contributed by atoms with Crippen LogP contribution in [-0.2, 0) is 10.5 Å². The first-order valence-corrected chi connectivity index (χ1v) is 8.28. The molecule has 0 atom stereocenters. The van der Waals surface area contributed by atoms with E-state index in [4.69, 9.17) is 4.74 Å². The van der Waals surface area contributed by atoms with Crippen LogP contribution in [0.1, 0.15) is 16.1 Å². The molecule has 0 aliphatic carbocycles. The minimum Gasteiger partial charge on any atom is -0.464 e. The molecule has 0 amide bonds. The molecule has 0 radical (unpaired) electrons. The van der Waals surface area contributed by atoms with E-state index in [0.29, 0.717) is 5.69 Å². The predicted octanol–water partition coefficient (Wildman–Crippen LogP) is 4.06. The molecule has 2 aromatic heterocycles. The van der Waals surface area contributed by atoms with Crippen molar-refractivity contribution in [2.24, 2.45) is 0 Å². The summed E-state index contributed by atoms with van der Waals surface area (Å²) in [6.45, 7) is 0. The molecule has 0 spiro atoms. The van der Waals surface area contributed by atoms with Crippen molar-refractivity contribution in [1.29, 1.82) is 0 Å². The Labute approximate surface area is 128 Å². The van der Waals surface area contributed by atoms with Crippen LogP contribution in [0, 0.1) is 0 Å². The van der Waals surface area contributed by atoms with Crippen LogP contribution in [0.4, 0.5) is 0 Å². The minimum atomic E-state index is -0.377. The van der Waals surface area contributed by atoms with Crippen LogP contribution in [0.15, 0.2) is 12.5 Å². The van der Waals surface area contributed by atoms with E-state index in [2.05, 4.69) is 42.1 Å². The van der Waals surface area contributed by atoms with Crippen molar-refractivity contribution in [3.05, 3.63) is 19.5 Å². The Balaban J connectivity index is 2.20. The number of carbonyl (C=O) groups excluding carboxylic acids is 1. The molecule has 0 unspecified atom stereocenters. The number of aromatic nitrogens is 2. The number of hydrogen-bond donors (Lipinski definition) is 1. The zero-order chi connectivity index (χ0) is 12.9. The number of rotatable bonds is 1. The van der Waals surface area contributed by atoms with E-state index in [9.17, 15) is 4.79 Å². The summed E-state index contributed by atoms with van der Waals surface area (Å²) in [6, 6.07) is 0. The molecular weight excluding hydrogens is 404 g/mol. The Hall–Kier alpha value is -0.310. The number of nitrogens with zero attached hydrogens (tertiary/aromatic N) is 1. The molecule has 18 heavy (non-hydrogen) atoms. The lowest BCUT2D eigenvalue weighted by molar-refractivity contribution is 0.0593. The van der Waals surface area contributed by atoms with E-state index in [1.807, 2.05) is 0 Å². The summed E-state index contributed by atoms with van der Waals surface area (Å²) >= 11 is 10.4. The second kappa shape index (κ2) is 4.66. The van der Waals surface area contributed by atoms with Crippen molar-refractivity contribution in [1.82, 2.24) is 10.2 Å². The average Bonchev–Trinajstić information content (AvgIpc) is 2.91. The lowest BCUT2D eigenvalue weighted by Gasteiger charge is -2.11. The van der Waals surface area contributed by atoms with Gasteiger partial charge in [-0.15, -0.1) is 23.1 Å². The lowest BCUT2D eigenvalue weighted by atomic mass is 10.1. The van der Waals surface area contributed by atoms with Gasteiger partial charge in [0.15, 0.2) is 0 Å². The summed E-state index contributed by atoms with van der Waals surface area (Å²) < 4.78 is 7.97. The monoisotopic (exact) mass is 408 g/mol. The fourth-order valence-corrected chi connectivity index (χ4v) is 5.90. The molecule has 3 heterocycles. The smallest absolute Gasteiger partial charge is 0.356 e. The molecule has 1 aliphatic rings. The van der Waals surface area contributed by atoms with Crippen LogP contribution in [0.5, 0.6) is 0 Å². The Morgan fingerprint density at radius 2 is 2.28 bits per heavy atom. The van der Waals surface area contributed by atoms with Crippen LogP contribution < -0.4 is 0 Å². The highest BCUT2D eigenvalue weighted by molar-refractivity contribution is 9.13. The van der Waals surface area contributed by atoms with Gasteiger partial charge in [-0.3, -0.25) is 5.10 Å². The predicted molar refractivity (Wildman–Crippen MR) is 78.2 cm³/mol. The molecule has 0 aromatic carbocycles. The van der Waals surface area contributed by atoms with E-state index in [1.54, 1.807) is 23.1 Å². The maximum Gasteiger partial charge on any atom is 0.356 e. The second-order valence-electron chi connectivity index (χ2n) is 3.56. The van der Waals surface area contributed by atoms with Crippen molar-refractivity contribution in [3.63, 3.8) is 0 Å². The highest BCUT2D eigenvalue weighted by Gasteiger charge is 2.30. The Kier molecular flexibility index (Phi) is 3.29. The van der Waals surface area contributed by atoms with Crippen molar-refractivity contribution < 1.29 is 9.53 Å². The van der Waals surface area contributed by atoms with Gasteiger partial charge in [0.2, 0.25) is 0 Å². The average molecular weight is 410 g/mol. The van der Waals surface area contributed by atoms with Crippen molar-refractivity contribution in [2.75, 3.05) is 7.11 Å². The number of hydrogen-bond acceptors (Lipinski definition) is 5. The van der Waals surface area contributed by atoms with E-state index < -0.39 is 0 Å². The van der Waals surface area contributed by atoms with Crippen molar-refractivity contribution in [2.45, 2.75) is 9.96 Å².